The molecule has 4 aromatic rings. The van der Waals surface area contributed by atoms with Gasteiger partial charge in [0.15, 0.2) is 0 Å². The van der Waals surface area contributed by atoms with Gasteiger partial charge in [-0.1, -0.05) is 36.4 Å². The molecule has 0 atom stereocenters. The van der Waals surface area contributed by atoms with Crippen molar-refractivity contribution < 1.29 is 4.39 Å². The van der Waals surface area contributed by atoms with Crippen molar-refractivity contribution in [2.24, 2.45) is 0 Å². The van der Waals surface area contributed by atoms with E-state index in [9.17, 15) is 9.18 Å². The van der Waals surface area contributed by atoms with E-state index in [2.05, 4.69) is 48.3 Å². The fraction of sp³-hybridized carbons (Fsp3) is 0.269. The lowest BCUT2D eigenvalue weighted by Gasteiger charge is -2.29. The lowest BCUT2D eigenvalue weighted by atomic mass is 10.0. The largest absolute Gasteiger partial charge is 0.347 e. The standard InChI is InChI=1S/C26H27FN6O/c27-23-7-3-6-22-21(14-25(34)31-26(22)23)18-33(24-15-29-8-9-30-24)17-20-5-2-1-4-19(20)16-32-12-10-28-11-13-32/h1-9,14-15,28H,10-13,16-18H2,(H,31,34). The van der Waals surface area contributed by atoms with Crippen molar-refractivity contribution in [1.82, 2.24) is 25.2 Å². The highest BCUT2D eigenvalue weighted by atomic mass is 19.1. The highest BCUT2D eigenvalue weighted by Gasteiger charge is 2.17. The van der Waals surface area contributed by atoms with Crippen molar-refractivity contribution in [2.45, 2.75) is 19.6 Å². The molecule has 0 radical (unpaired) electrons. The second-order valence-corrected chi connectivity index (χ2v) is 8.54. The Labute approximate surface area is 197 Å². The van der Waals surface area contributed by atoms with Gasteiger partial charge in [-0.3, -0.25) is 14.7 Å². The van der Waals surface area contributed by atoms with E-state index in [4.69, 9.17) is 0 Å². The van der Waals surface area contributed by atoms with Crippen LogP contribution in [-0.4, -0.2) is 46.0 Å². The maximum Gasteiger partial charge on any atom is 0.248 e. The number of hydrogen-bond acceptors (Lipinski definition) is 6. The Kier molecular flexibility index (Phi) is 6.60. The Morgan fingerprint density at radius 1 is 0.971 bits per heavy atom. The number of nitrogens with zero attached hydrogens (tertiary/aromatic N) is 4. The van der Waals surface area contributed by atoms with Crippen LogP contribution in [0.4, 0.5) is 10.2 Å². The van der Waals surface area contributed by atoms with Gasteiger partial charge in [-0.15, -0.1) is 0 Å². The molecule has 2 aromatic heterocycles. The van der Waals surface area contributed by atoms with Crippen LogP contribution in [0.3, 0.4) is 0 Å². The van der Waals surface area contributed by atoms with Gasteiger partial charge in [-0.25, -0.2) is 9.37 Å². The van der Waals surface area contributed by atoms with Crippen molar-refractivity contribution in [3.63, 3.8) is 0 Å². The number of rotatable bonds is 7. The second-order valence-electron chi connectivity index (χ2n) is 8.54. The fourth-order valence-electron chi connectivity index (χ4n) is 4.50. The van der Waals surface area contributed by atoms with Crippen LogP contribution in [0.15, 0.2) is 71.9 Å². The molecule has 5 rings (SSSR count). The van der Waals surface area contributed by atoms with E-state index in [0.29, 0.717) is 24.3 Å². The first kappa shape index (κ1) is 22.2. The topological polar surface area (TPSA) is 77.2 Å². The van der Waals surface area contributed by atoms with Crippen molar-refractivity contribution in [3.8, 4) is 0 Å². The van der Waals surface area contributed by atoms with Gasteiger partial charge in [0.1, 0.15) is 11.6 Å². The minimum atomic E-state index is -0.441. The minimum Gasteiger partial charge on any atom is -0.347 e. The number of hydrogen-bond donors (Lipinski definition) is 2. The highest BCUT2D eigenvalue weighted by Crippen LogP contribution is 2.24. The molecule has 0 saturated carbocycles. The monoisotopic (exact) mass is 458 g/mol. The van der Waals surface area contributed by atoms with Crippen LogP contribution >= 0.6 is 0 Å². The third-order valence-corrected chi connectivity index (χ3v) is 6.23. The van der Waals surface area contributed by atoms with Crippen molar-refractivity contribution in [1.29, 1.82) is 0 Å². The SMILES string of the molecule is O=c1cc(CN(Cc2ccccc2CN2CCNCC2)c2cnccn2)c2cccc(F)c2[nH]1. The van der Waals surface area contributed by atoms with Crippen LogP contribution in [0, 0.1) is 5.82 Å². The van der Waals surface area contributed by atoms with Gasteiger partial charge in [0.25, 0.3) is 0 Å². The maximum absolute atomic E-state index is 14.4. The van der Waals surface area contributed by atoms with E-state index >= 15 is 0 Å². The zero-order valence-electron chi connectivity index (χ0n) is 18.9. The van der Waals surface area contributed by atoms with Crippen LogP contribution in [0.2, 0.25) is 0 Å². The fourth-order valence-corrected chi connectivity index (χ4v) is 4.50. The Morgan fingerprint density at radius 2 is 1.76 bits per heavy atom. The molecule has 2 N–H and O–H groups in total. The molecule has 0 unspecified atom stereocenters. The number of fused-ring (bicyclic) bond motifs is 1. The molecule has 0 bridgehead atoms. The summed E-state index contributed by atoms with van der Waals surface area (Å²) in [6, 6.07) is 14.8. The predicted molar refractivity (Wildman–Crippen MR) is 131 cm³/mol. The van der Waals surface area contributed by atoms with Crippen molar-refractivity contribution in [2.75, 3.05) is 31.1 Å². The molecule has 7 nitrogen and oxygen atoms in total. The van der Waals surface area contributed by atoms with Gasteiger partial charge in [0.05, 0.1) is 11.7 Å². The molecule has 0 spiro atoms. The summed E-state index contributed by atoms with van der Waals surface area (Å²) in [4.78, 5) is 28.3. The molecule has 2 aromatic carbocycles. The van der Waals surface area contributed by atoms with Crippen molar-refractivity contribution in [3.05, 3.63) is 100.0 Å². The Hall–Kier alpha value is -3.62. The Balaban J connectivity index is 1.49. The number of anilines is 1. The van der Waals surface area contributed by atoms with Gasteiger partial charge >= 0.3 is 0 Å². The number of piperazine rings is 1. The zero-order chi connectivity index (χ0) is 23.3. The third kappa shape index (κ3) is 4.98. The van der Waals surface area contributed by atoms with Gasteiger partial charge in [0, 0.05) is 69.7 Å². The number of halogens is 1. The summed E-state index contributed by atoms with van der Waals surface area (Å²) >= 11 is 0. The summed E-state index contributed by atoms with van der Waals surface area (Å²) in [7, 11) is 0. The molecule has 0 amide bonds. The highest BCUT2D eigenvalue weighted by molar-refractivity contribution is 5.82. The van der Waals surface area contributed by atoms with Crippen LogP contribution < -0.4 is 15.8 Å². The maximum atomic E-state index is 14.4. The minimum absolute atomic E-state index is 0.225. The Bertz CT molecular complexity index is 1320. The average molecular weight is 459 g/mol. The number of para-hydroxylation sites is 1. The second kappa shape index (κ2) is 10.1. The smallest absolute Gasteiger partial charge is 0.248 e. The summed E-state index contributed by atoms with van der Waals surface area (Å²) in [5.41, 5.74) is 3.09. The molecule has 1 aliphatic rings. The number of H-pyrrole nitrogens is 1. The molecule has 1 aliphatic heterocycles. The molecule has 8 heteroatoms. The van der Waals surface area contributed by atoms with Crippen LogP contribution in [0.5, 0.6) is 0 Å². The average Bonchev–Trinajstić information content (AvgIpc) is 2.86. The lowest BCUT2D eigenvalue weighted by Crippen LogP contribution is -2.43. The molecular weight excluding hydrogens is 431 g/mol. The number of benzene rings is 2. The quantitative estimate of drug-likeness (QED) is 0.443. The van der Waals surface area contributed by atoms with E-state index in [-0.39, 0.29) is 11.1 Å². The summed E-state index contributed by atoms with van der Waals surface area (Å²) in [6.45, 7) is 5.90. The normalized spacial score (nSPS) is 14.4. The first-order chi connectivity index (χ1) is 16.7. The molecule has 1 saturated heterocycles. The van der Waals surface area contributed by atoms with Gasteiger partial charge in [0.2, 0.25) is 5.56 Å². The third-order valence-electron chi connectivity index (χ3n) is 6.23. The van der Waals surface area contributed by atoms with E-state index in [0.717, 1.165) is 38.3 Å². The van der Waals surface area contributed by atoms with Gasteiger partial charge < -0.3 is 15.2 Å². The van der Waals surface area contributed by atoms with Crippen molar-refractivity contribution >= 4 is 16.7 Å². The summed E-state index contributed by atoms with van der Waals surface area (Å²) in [5, 5.41) is 4.08. The summed E-state index contributed by atoms with van der Waals surface area (Å²) in [6.07, 6.45) is 5.01. The Morgan fingerprint density at radius 3 is 2.56 bits per heavy atom. The van der Waals surface area contributed by atoms with Gasteiger partial charge in [-0.05, 0) is 22.8 Å². The molecule has 1 fully saturated rings. The molecule has 34 heavy (non-hydrogen) atoms. The predicted octanol–water partition coefficient (Wildman–Crippen LogP) is 3.07. The van der Waals surface area contributed by atoms with Crippen LogP contribution in [0.25, 0.3) is 10.9 Å². The number of nitrogens with one attached hydrogen (secondary N) is 2. The molecule has 0 aliphatic carbocycles. The van der Waals surface area contributed by atoms with Crippen LogP contribution in [-0.2, 0) is 19.6 Å². The zero-order valence-corrected chi connectivity index (χ0v) is 18.9. The lowest BCUT2D eigenvalue weighted by molar-refractivity contribution is 0.232. The molecular formula is C26H27FN6O. The van der Waals surface area contributed by atoms with E-state index in [1.165, 1.54) is 23.3 Å². The summed E-state index contributed by atoms with van der Waals surface area (Å²) in [5.74, 6) is 0.258. The molecule has 174 valence electrons. The summed E-state index contributed by atoms with van der Waals surface area (Å²) < 4.78 is 14.4. The van der Waals surface area contributed by atoms with Crippen LogP contribution in [0.1, 0.15) is 16.7 Å². The van der Waals surface area contributed by atoms with E-state index in [1.807, 2.05) is 12.1 Å². The molecule has 3 heterocycles. The first-order valence-corrected chi connectivity index (χ1v) is 11.5. The van der Waals surface area contributed by atoms with E-state index in [1.54, 1.807) is 24.7 Å². The number of aromatic nitrogens is 3. The van der Waals surface area contributed by atoms with Gasteiger partial charge in [-0.2, -0.15) is 0 Å². The first-order valence-electron chi connectivity index (χ1n) is 11.5. The van der Waals surface area contributed by atoms with E-state index < -0.39 is 5.82 Å². The number of pyridine rings is 1. The number of aromatic amines is 1.